The van der Waals surface area contributed by atoms with Crippen molar-refractivity contribution in [3.63, 3.8) is 0 Å². The summed E-state index contributed by atoms with van der Waals surface area (Å²) >= 11 is 0. The predicted octanol–water partition coefficient (Wildman–Crippen LogP) is 6.54. The highest BCUT2D eigenvalue weighted by molar-refractivity contribution is 5.82. The maximum absolute atomic E-state index is 4.16. The van der Waals surface area contributed by atoms with Crippen molar-refractivity contribution in [1.82, 2.24) is 15.0 Å². The monoisotopic (exact) mass is 385 g/mol. The molecule has 3 nitrogen and oxygen atoms in total. The summed E-state index contributed by atoms with van der Waals surface area (Å²) in [5, 5.41) is 0. The minimum atomic E-state index is 1.15. The van der Waals surface area contributed by atoms with E-state index in [-0.39, 0.29) is 0 Å². The Balaban J connectivity index is 1.67. The number of hydrogen-bond acceptors (Lipinski definition) is 3. The van der Waals surface area contributed by atoms with E-state index in [1.165, 1.54) is 16.7 Å². The first-order valence-corrected chi connectivity index (χ1v) is 9.83. The van der Waals surface area contributed by atoms with E-state index < -0.39 is 0 Å². The highest BCUT2D eigenvalue weighted by atomic mass is 14.6. The van der Waals surface area contributed by atoms with Gasteiger partial charge in [-0.3, -0.25) is 15.0 Å². The molecule has 0 atom stereocenters. The zero-order chi connectivity index (χ0) is 20.2. The molecule has 0 aliphatic carbocycles. The maximum Gasteiger partial charge on any atom is 0.0273 e. The average molecular weight is 385 g/mol. The first-order chi connectivity index (χ1) is 14.9. The summed E-state index contributed by atoms with van der Waals surface area (Å²) in [5.41, 5.74) is 9.30. The fourth-order valence-electron chi connectivity index (χ4n) is 3.64. The molecule has 2 aromatic carbocycles. The van der Waals surface area contributed by atoms with E-state index >= 15 is 0 Å². The van der Waals surface area contributed by atoms with Crippen LogP contribution in [0.5, 0.6) is 0 Å². The summed E-state index contributed by atoms with van der Waals surface area (Å²) in [6.45, 7) is 0. The lowest BCUT2D eigenvalue weighted by atomic mass is 9.93. The van der Waals surface area contributed by atoms with Crippen molar-refractivity contribution in [3.05, 3.63) is 116 Å². The van der Waals surface area contributed by atoms with E-state index in [2.05, 4.69) is 57.4 Å². The van der Waals surface area contributed by atoms with Gasteiger partial charge in [-0.2, -0.15) is 0 Å². The minimum absolute atomic E-state index is 1.15. The first-order valence-electron chi connectivity index (χ1n) is 9.83. The predicted molar refractivity (Wildman–Crippen MR) is 122 cm³/mol. The number of aromatic nitrogens is 3. The van der Waals surface area contributed by atoms with Gasteiger partial charge in [0.25, 0.3) is 0 Å². The van der Waals surface area contributed by atoms with Gasteiger partial charge in [-0.25, -0.2) is 0 Å². The molecule has 0 fully saturated rings. The molecule has 0 amide bonds. The minimum Gasteiger partial charge on any atom is -0.265 e. The van der Waals surface area contributed by atoms with Gasteiger partial charge in [-0.05, 0) is 105 Å². The van der Waals surface area contributed by atoms with Crippen molar-refractivity contribution >= 4 is 0 Å². The Labute approximate surface area is 175 Å². The Morgan fingerprint density at radius 1 is 0.300 bits per heavy atom. The number of nitrogens with zero attached hydrogens (tertiary/aromatic N) is 3. The van der Waals surface area contributed by atoms with E-state index in [9.17, 15) is 0 Å². The molecule has 3 heterocycles. The Bertz CT molecular complexity index is 1210. The SMILES string of the molecule is c1cc(-c2ccncc2)cc(-c2cc(-c3ccncc3)cc(-c3ccncc3)c2)c1. The van der Waals surface area contributed by atoms with Crippen LogP contribution in [0.3, 0.4) is 0 Å². The zero-order valence-electron chi connectivity index (χ0n) is 16.3. The molecule has 0 N–H and O–H groups in total. The number of benzene rings is 2. The molecule has 5 aromatic rings. The summed E-state index contributed by atoms with van der Waals surface area (Å²) in [7, 11) is 0. The first kappa shape index (κ1) is 18.0. The van der Waals surface area contributed by atoms with Crippen LogP contribution in [-0.2, 0) is 0 Å². The van der Waals surface area contributed by atoms with Gasteiger partial charge in [0.1, 0.15) is 0 Å². The van der Waals surface area contributed by atoms with Crippen molar-refractivity contribution in [1.29, 1.82) is 0 Å². The third-order valence-corrected chi connectivity index (χ3v) is 5.17. The van der Waals surface area contributed by atoms with Crippen molar-refractivity contribution in [3.8, 4) is 44.5 Å². The molecule has 0 bridgehead atoms. The standard InChI is InChI=1S/C27H19N3/c1-2-23(20-4-10-28-11-5-20)16-24(3-1)27-18-25(21-6-12-29-13-7-21)17-26(19-27)22-8-14-30-15-9-22/h1-19H. The van der Waals surface area contributed by atoms with Crippen LogP contribution in [-0.4, -0.2) is 15.0 Å². The molecule has 0 spiro atoms. The van der Waals surface area contributed by atoms with Crippen LogP contribution in [0.25, 0.3) is 44.5 Å². The molecule has 142 valence electrons. The van der Waals surface area contributed by atoms with Crippen molar-refractivity contribution < 1.29 is 0 Å². The molecule has 0 aliphatic rings. The number of hydrogen-bond donors (Lipinski definition) is 0. The van der Waals surface area contributed by atoms with Crippen molar-refractivity contribution in [2.45, 2.75) is 0 Å². The Morgan fingerprint density at radius 2 is 0.600 bits per heavy atom. The molecule has 0 unspecified atom stereocenters. The molecule has 3 heteroatoms. The van der Waals surface area contributed by atoms with Gasteiger partial charge < -0.3 is 0 Å². The van der Waals surface area contributed by atoms with Gasteiger partial charge in [0.05, 0.1) is 0 Å². The topological polar surface area (TPSA) is 38.7 Å². The largest absolute Gasteiger partial charge is 0.265 e. The molecule has 3 aromatic heterocycles. The van der Waals surface area contributed by atoms with Gasteiger partial charge in [-0.15, -0.1) is 0 Å². The van der Waals surface area contributed by atoms with Gasteiger partial charge in [0.2, 0.25) is 0 Å². The molecule has 0 radical (unpaired) electrons. The third kappa shape index (κ3) is 3.74. The quantitative estimate of drug-likeness (QED) is 0.352. The fraction of sp³-hybridized carbons (Fsp3) is 0. The molecular weight excluding hydrogens is 366 g/mol. The van der Waals surface area contributed by atoms with Crippen LogP contribution >= 0.6 is 0 Å². The van der Waals surface area contributed by atoms with Crippen molar-refractivity contribution in [2.24, 2.45) is 0 Å². The summed E-state index contributed by atoms with van der Waals surface area (Å²) in [4.78, 5) is 12.5. The van der Waals surface area contributed by atoms with E-state index in [0.29, 0.717) is 0 Å². The second-order valence-corrected chi connectivity index (χ2v) is 7.09. The molecule has 0 saturated heterocycles. The summed E-state index contributed by atoms with van der Waals surface area (Å²) in [6, 6.07) is 27.6. The van der Waals surface area contributed by atoms with E-state index in [4.69, 9.17) is 0 Å². The van der Waals surface area contributed by atoms with E-state index in [0.717, 1.165) is 27.8 Å². The van der Waals surface area contributed by atoms with Gasteiger partial charge in [0, 0.05) is 37.2 Å². The Morgan fingerprint density at radius 3 is 1.03 bits per heavy atom. The van der Waals surface area contributed by atoms with Crippen molar-refractivity contribution in [2.75, 3.05) is 0 Å². The zero-order valence-corrected chi connectivity index (χ0v) is 16.3. The molecule has 30 heavy (non-hydrogen) atoms. The lowest BCUT2D eigenvalue weighted by Crippen LogP contribution is -1.87. The lowest BCUT2D eigenvalue weighted by molar-refractivity contribution is 1.32. The molecule has 5 rings (SSSR count). The molecular formula is C27H19N3. The average Bonchev–Trinajstić information content (AvgIpc) is 2.85. The Kier molecular flexibility index (Phi) is 4.84. The molecule has 0 saturated carbocycles. The number of rotatable bonds is 4. The summed E-state index contributed by atoms with van der Waals surface area (Å²) in [6.07, 6.45) is 11.0. The fourth-order valence-corrected chi connectivity index (χ4v) is 3.64. The second kappa shape index (κ2) is 8.10. The third-order valence-electron chi connectivity index (χ3n) is 5.17. The highest BCUT2D eigenvalue weighted by Crippen LogP contribution is 2.34. The van der Waals surface area contributed by atoms with E-state index in [1.807, 2.05) is 73.6 Å². The van der Waals surface area contributed by atoms with Crippen LogP contribution in [0.1, 0.15) is 0 Å². The van der Waals surface area contributed by atoms with Gasteiger partial charge in [0.15, 0.2) is 0 Å². The summed E-state index contributed by atoms with van der Waals surface area (Å²) < 4.78 is 0. The maximum atomic E-state index is 4.16. The van der Waals surface area contributed by atoms with E-state index in [1.54, 1.807) is 0 Å². The van der Waals surface area contributed by atoms with Crippen LogP contribution in [0.4, 0.5) is 0 Å². The van der Waals surface area contributed by atoms with Crippen LogP contribution in [0.2, 0.25) is 0 Å². The van der Waals surface area contributed by atoms with Crippen LogP contribution in [0.15, 0.2) is 116 Å². The van der Waals surface area contributed by atoms with Crippen LogP contribution < -0.4 is 0 Å². The smallest absolute Gasteiger partial charge is 0.0273 e. The van der Waals surface area contributed by atoms with Crippen LogP contribution in [0, 0.1) is 0 Å². The Hall–Kier alpha value is -4.11. The second-order valence-electron chi connectivity index (χ2n) is 7.09. The number of pyridine rings is 3. The van der Waals surface area contributed by atoms with Gasteiger partial charge in [-0.1, -0.05) is 18.2 Å². The highest BCUT2D eigenvalue weighted by Gasteiger charge is 2.08. The summed E-state index contributed by atoms with van der Waals surface area (Å²) in [5.74, 6) is 0. The molecule has 0 aliphatic heterocycles. The normalized spacial score (nSPS) is 10.7. The van der Waals surface area contributed by atoms with Gasteiger partial charge >= 0.3 is 0 Å². The lowest BCUT2D eigenvalue weighted by Gasteiger charge is -2.12.